The maximum Gasteiger partial charge on any atom is 0.270 e. The van der Waals surface area contributed by atoms with Gasteiger partial charge >= 0.3 is 0 Å². The summed E-state index contributed by atoms with van der Waals surface area (Å²) in [7, 11) is 1.62. The Hall–Kier alpha value is -2.63. The molecular formula is C20H28N4O2. The number of carbonyl (C=O) groups excluding carboxylic acids is 1. The van der Waals surface area contributed by atoms with Crippen LogP contribution in [-0.2, 0) is 6.54 Å². The third-order valence-electron chi connectivity index (χ3n) is 3.98. The highest BCUT2D eigenvalue weighted by Crippen LogP contribution is 2.17. The number of ether oxygens (including phenoxy) is 1. The van der Waals surface area contributed by atoms with Crippen LogP contribution in [0.1, 0.15) is 48.4 Å². The highest BCUT2D eigenvalue weighted by Gasteiger charge is 2.15. The summed E-state index contributed by atoms with van der Waals surface area (Å²) in [5.74, 6) is 1.16. The van der Waals surface area contributed by atoms with E-state index in [1.807, 2.05) is 31.2 Å². The number of aryl methyl sites for hydroxylation is 1. The van der Waals surface area contributed by atoms with Crippen LogP contribution in [0.5, 0.6) is 5.75 Å². The van der Waals surface area contributed by atoms with Crippen LogP contribution in [0.3, 0.4) is 0 Å². The Bertz CT molecular complexity index is 728. The van der Waals surface area contributed by atoms with E-state index < -0.39 is 0 Å². The first kappa shape index (κ1) is 19.7. The van der Waals surface area contributed by atoms with Gasteiger partial charge in [-0.3, -0.25) is 4.79 Å². The molecule has 0 bridgehead atoms. The molecule has 1 heterocycles. The van der Waals surface area contributed by atoms with Crippen molar-refractivity contribution in [2.45, 2.75) is 40.2 Å². The molecule has 0 saturated carbocycles. The normalized spacial score (nSPS) is 10.5. The number of benzene rings is 1. The van der Waals surface area contributed by atoms with Gasteiger partial charge in [-0.05, 0) is 31.9 Å². The number of nitrogens with one attached hydrogen (secondary N) is 1. The predicted octanol–water partition coefficient (Wildman–Crippen LogP) is 3.35. The number of para-hydroxylation sites is 1. The number of hydrogen-bond acceptors (Lipinski definition) is 5. The maximum absolute atomic E-state index is 12.6. The number of hydrogen-bond donors (Lipinski definition) is 1. The first-order chi connectivity index (χ1) is 12.6. The summed E-state index contributed by atoms with van der Waals surface area (Å²) in [5, 5.41) is 2.92. The van der Waals surface area contributed by atoms with E-state index in [0.29, 0.717) is 18.2 Å². The van der Waals surface area contributed by atoms with Gasteiger partial charge in [-0.1, -0.05) is 32.0 Å². The van der Waals surface area contributed by atoms with Crippen LogP contribution in [-0.4, -0.2) is 36.1 Å². The predicted molar refractivity (Wildman–Crippen MR) is 104 cm³/mol. The van der Waals surface area contributed by atoms with Crippen molar-refractivity contribution in [3.05, 3.63) is 47.3 Å². The van der Waals surface area contributed by atoms with Gasteiger partial charge in [0.25, 0.3) is 5.91 Å². The SMILES string of the molecule is CCCN(CCC)c1nc(C)cc(C(=O)NCc2ccccc2OC)n1. The summed E-state index contributed by atoms with van der Waals surface area (Å²) in [6, 6.07) is 9.35. The minimum atomic E-state index is -0.212. The first-order valence-corrected chi connectivity index (χ1v) is 9.09. The molecule has 0 radical (unpaired) electrons. The molecule has 0 aliphatic carbocycles. The number of aromatic nitrogens is 2. The van der Waals surface area contributed by atoms with E-state index in [1.165, 1.54) is 0 Å². The Kier molecular flexibility index (Phi) is 7.38. The second-order valence-electron chi connectivity index (χ2n) is 6.18. The molecule has 0 atom stereocenters. The van der Waals surface area contributed by atoms with Crippen LogP contribution in [0, 0.1) is 6.92 Å². The van der Waals surface area contributed by atoms with Crippen molar-refractivity contribution in [1.29, 1.82) is 0 Å². The van der Waals surface area contributed by atoms with E-state index in [0.717, 1.165) is 42.9 Å². The zero-order valence-electron chi connectivity index (χ0n) is 16.1. The molecule has 2 aromatic rings. The smallest absolute Gasteiger partial charge is 0.270 e. The molecule has 0 aliphatic rings. The zero-order chi connectivity index (χ0) is 18.9. The fraction of sp³-hybridized carbons (Fsp3) is 0.450. The molecule has 6 nitrogen and oxygen atoms in total. The lowest BCUT2D eigenvalue weighted by Crippen LogP contribution is -2.29. The first-order valence-electron chi connectivity index (χ1n) is 9.09. The Morgan fingerprint density at radius 3 is 2.50 bits per heavy atom. The Balaban J connectivity index is 2.15. The van der Waals surface area contributed by atoms with Gasteiger partial charge in [0.2, 0.25) is 5.95 Å². The maximum atomic E-state index is 12.6. The fourth-order valence-electron chi connectivity index (χ4n) is 2.78. The van der Waals surface area contributed by atoms with Crippen molar-refractivity contribution >= 4 is 11.9 Å². The minimum absolute atomic E-state index is 0.212. The van der Waals surface area contributed by atoms with Crippen molar-refractivity contribution in [1.82, 2.24) is 15.3 Å². The Morgan fingerprint density at radius 2 is 1.85 bits per heavy atom. The van der Waals surface area contributed by atoms with Crippen LogP contribution in [0.2, 0.25) is 0 Å². The molecule has 1 aromatic carbocycles. The van der Waals surface area contributed by atoms with E-state index in [1.54, 1.807) is 13.2 Å². The molecule has 0 fully saturated rings. The third kappa shape index (κ3) is 5.18. The van der Waals surface area contributed by atoms with Crippen molar-refractivity contribution in [2.24, 2.45) is 0 Å². The second kappa shape index (κ2) is 9.75. The van der Waals surface area contributed by atoms with Crippen molar-refractivity contribution < 1.29 is 9.53 Å². The van der Waals surface area contributed by atoms with E-state index in [9.17, 15) is 4.79 Å². The molecule has 140 valence electrons. The average molecular weight is 356 g/mol. The van der Waals surface area contributed by atoms with Gasteiger partial charge in [-0.15, -0.1) is 0 Å². The molecule has 1 aromatic heterocycles. The second-order valence-corrected chi connectivity index (χ2v) is 6.18. The molecule has 0 spiro atoms. The molecule has 2 rings (SSSR count). The average Bonchev–Trinajstić information content (AvgIpc) is 2.65. The fourth-order valence-corrected chi connectivity index (χ4v) is 2.78. The molecule has 1 N–H and O–H groups in total. The van der Waals surface area contributed by atoms with E-state index >= 15 is 0 Å². The molecule has 1 amide bonds. The largest absolute Gasteiger partial charge is 0.496 e. The molecule has 0 saturated heterocycles. The highest BCUT2D eigenvalue weighted by molar-refractivity contribution is 5.92. The van der Waals surface area contributed by atoms with Gasteiger partial charge in [-0.25, -0.2) is 9.97 Å². The van der Waals surface area contributed by atoms with Crippen LogP contribution in [0.4, 0.5) is 5.95 Å². The summed E-state index contributed by atoms with van der Waals surface area (Å²) < 4.78 is 5.32. The molecule has 0 unspecified atom stereocenters. The van der Waals surface area contributed by atoms with Crippen LogP contribution in [0.25, 0.3) is 0 Å². The highest BCUT2D eigenvalue weighted by atomic mass is 16.5. The van der Waals surface area contributed by atoms with Crippen LogP contribution < -0.4 is 15.0 Å². The monoisotopic (exact) mass is 356 g/mol. The van der Waals surface area contributed by atoms with Gasteiger partial charge in [0, 0.05) is 30.9 Å². The number of carbonyl (C=O) groups is 1. The summed E-state index contributed by atoms with van der Waals surface area (Å²) in [6.45, 7) is 8.27. The van der Waals surface area contributed by atoms with Crippen molar-refractivity contribution in [3.8, 4) is 5.75 Å². The minimum Gasteiger partial charge on any atom is -0.496 e. The summed E-state index contributed by atoms with van der Waals surface area (Å²) in [4.78, 5) is 23.7. The summed E-state index contributed by atoms with van der Waals surface area (Å²) in [6.07, 6.45) is 2.01. The lowest BCUT2D eigenvalue weighted by molar-refractivity contribution is 0.0945. The number of anilines is 1. The van der Waals surface area contributed by atoms with Crippen LogP contribution in [0.15, 0.2) is 30.3 Å². The third-order valence-corrected chi connectivity index (χ3v) is 3.98. The quantitative estimate of drug-likeness (QED) is 0.746. The van der Waals surface area contributed by atoms with Crippen LogP contribution >= 0.6 is 0 Å². The summed E-state index contributed by atoms with van der Waals surface area (Å²) >= 11 is 0. The number of methoxy groups -OCH3 is 1. The number of amides is 1. The Labute approximate surface area is 155 Å². The van der Waals surface area contributed by atoms with E-state index in [2.05, 4.69) is 34.0 Å². The number of rotatable bonds is 9. The lowest BCUT2D eigenvalue weighted by atomic mass is 10.2. The topological polar surface area (TPSA) is 67.4 Å². The van der Waals surface area contributed by atoms with Gasteiger partial charge in [0.05, 0.1) is 7.11 Å². The number of nitrogens with zero attached hydrogens (tertiary/aromatic N) is 3. The van der Waals surface area contributed by atoms with Crippen molar-refractivity contribution in [3.63, 3.8) is 0 Å². The van der Waals surface area contributed by atoms with E-state index in [4.69, 9.17) is 4.74 Å². The molecule has 6 heteroatoms. The summed E-state index contributed by atoms with van der Waals surface area (Å²) in [5.41, 5.74) is 2.10. The standard InChI is InChI=1S/C20H28N4O2/c1-5-11-24(12-6-2)20-22-15(3)13-17(23-20)19(25)21-14-16-9-7-8-10-18(16)26-4/h7-10,13H,5-6,11-12,14H2,1-4H3,(H,21,25). The van der Waals surface area contributed by atoms with Gasteiger partial charge in [0.15, 0.2) is 0 Å². The molecule has 26 heavy (non-hydrogen) atoms. The van der Waals surface area contributed by atoms with Gasteiger partial charge in [0.1, 0.15) is 11.4 Å². The molecular weight excluding hydrogens is 328 g/mol. The molecule has 0 aliphatic heterocycles. The van der Waals surface area contributed by atoms with E-state index in [-0.39, 0.29) is 5.91 Å². The Morgan fingerprint density at radius 1 is 1.15 bits per heavy atom. The van der Waals surface area contributed by atoms with Gasteiger partial charge in [-0.2, -0.15) is 0 Å². The van der Waals surface area contributed by atoms with Gasteiger partial charge < -0.3 is 15.0 Å². The lowest BCUT2D eigenvalue weighted by Gasteiger charge is -2.22. The zero-order valence-corrected chi connectivity index (χ0v) is 16.1. The van der Waals surface area contributed by atoms with Crippen molar-refractivity contribution in [2.75, 3.05) is 25.1 Å².